The highest BCUT2D eigenvalue weighted by molar-refractivity contribution is 5.61. The third kappa shape index (κ3) is 3.35. The van der Waals surface area contributed by atoms with Crippen LogP contribution in [0, 0.1) is 10.1 Å². The largest absolute Gasteiger partial charge is 0.433 e. The van der Waals surface area contributed by atoms with Crippen molar-refractivity contribution in [3.63, 3.8) is 0 Å². The van der Waals surface area contributed by atoms with Gasteiger partial charge in [0.25, 0.3) is 0 Å². The lowest BCUT2D eigenvalue weighted by molar-refractivity contribution is -0.384. The molecule has 1 aromatic heterocycles. The molecular weight excluding hydrogens is 279 g/mol. The summed E-state index contributed by atoms with van der Waals surface area (Å²) in [5.74, 6) is 0. The van der Waals surface area contributed by atoms with Crippen LogP contribution >= 0.6 is 0 Å². The number of aromatic nitrogens is 1. The normalized spacial score (nSPS) is 16.9. The average molecular weight is 291 g/mol. The first-order valence-corrected chi connectivity index (χ1v) is 5.94. The van der Waals surface area contributed by atoms with E-state index in [2.05, 4.69) is 10.3 Å². The van der Waals surface area contributed by atoms with Gasteiger partial charge in [-0.1, -0.05) is 0 Å². The highest BCUT2D eigenvalue weighted by Gasteiger charge is 2.34. The molecule has 2 rings (SSSR count). The molecule has 1 aromatic rings. The zero-order valence-corrected chi connectivity index (χ0v) is 10.3. The highest BCUT2D eigenvalue weighted by atomic mass is 19.4. The average Bonchev–Trinajstić information content (AvgIpc) is 2.38. The molecule has 1 fully saturated rings. The van der Waals surface area contributed by atoms with Crippen LogP contribution in [0.5, 0.6) is 0 Å². The van der Waals surface area contributed by atoms with Crippen molar-refractivity contribution in [1.29, 1.82) is 0 Å². The number of nitro groups is 1. The summed E-state index contributed by atoms with van der Waals surface area (Å²) in [5, 5.41) is 13.6. The van der Waals surface area contributed by atoms with Gasteiger partial charge < -0.3 is 10.1 Å². The quantitative estimate of drug-likeness (QED) is 0.684. The zero-order chi connectivity index (χ0) is 14.8. The number of hydrogen-bond acceptors (Lipinski definition) is 5. The molecular formula is C11H12F3N3O3. The second-order valence-electron chi connectivity index (χ2n) is 4.37. The van der Waals surface area contributed by atoms with Crippen molar-refractivity contribution in [2.24, 2.45) is 0 Å². The molecule has 0 atom stereocenters. The van der Waals surface area contributed by atoms with Gasteiger partial charge in [-0.2, -0.15) is 13.2 Å². The van der Waals surface area contributed by atoms with Gasteiger partial charge in [-0.3, -0.25) is 10.1 Å². The number of nitrogens with zero attached hydrogens (tertiary/aromatic N) is 2. The van der Waals surface area contributed by atoms with Crippen LogP contribution in [0.3, 0.4) is 0 Å². The molecule has 110 valence electrons. The van der Waals surface area contributed by atoms with Crippen molar-refractivity contribution >= 4 is 11.4 Å². The SMILES string of the molecule is O=[N+]([O-])c1cnc(C(F)(F)F)cc1NC1CCOCC1. The van der Waals surface area contributed by atoms with Crippen LogP contribution in [0.1, 0.15) is 18.5 Å². The lowest BCUT2D eigenvalue weighted by atomic mass is 10.1. The predicted molar refractivity (Wildman–Crippen MR) is 63.4 cm³/mol. The van der Waals surface area contributed by atoms with Crippen LogP contribution in [0.15, 0.2) is 12.3 Å². The van der Waals surface area contributed by atoms with Crippen molar-refractivity contribution < 1.29 is 22.8 Å². The van der Waals surface area contributed by atoms with Gasteiger partial charge in [-0.15, -0.1) is 0 Å². The first kappa shape index (κ1) is 14.5. The molecule has 6 nitrogen and oxygen atoms in total. The van der Waals surface area contributed by atoms with E-state index >= 15 is 0 Å². The van der Waals surface area contributed by atoms with Crippen molar-refractivity contribution in [1.82, 2.24) is 4.98 Å². The van der Waals surface area contributed by atoms with Crippen molar-refractivity contribution in [2.75, 3.05) is 18.5 Å². The molecule has 0 radical (unpaired) electrons. The fourth-order valence-corrected chi connectivity index (χ4v) is 1.93. The van der Waals surface area contributed by atoms with E-state index in [9.17, 15) is 23.3 Å². The van der Waals surface area contributed by atoms with Gasteiger partial charge in [0.2, 0.25) is 0 Å². The second kappa shape index (κ2) is 5.61. The van der Waals surface area contributed by atoms with E-state index in [4.69, 9.17) is 4.74 Å². The summed E-state index contributed by atoms with van der Waals surface area (Å²) in [5.41, 5.74) is -1.79. The van der Waals surface area contributed by atoms with Crippen molar-refractivity contribution in [2.45, 2.75) is 25.1 Å². The molecule has 1 aliphatic heterocycles. The molecule has 0 amide bonds. The monoisotopic (exact) mass is 291 g/mol. The van der Waals surface area contributed by atoms with Crippen LogP contribution in [-0.4, -0.2) is 29.2 Å². The molecule has 1 N–H and O–H groups in total. The van der Waals surface area contributed by atoms with Gasteiger partial charge in [0, 0.05) is 19.3 Å². The van der Waals surface area contributed by atoms with Gasteiger partial charge in [0.1, 0.15) is 17.6 Å². The molecule has 0 saturated carbocycles. The number of hydrogen-bond donors (Lipinski definition) is 1. The fourth-order valence-electron chi connectivity index (χ4n) is 1.93. The van der Waals surface area contributed by atoms with E-state index in [0.29, 0.717) is 38.3 Å². The Labute approximate surface area is 112 Å². The van der Waals surface area contributed by atoms with Crippen LogP contribution in [0.2, 0.25) is 0 Å². The second-order valence-corrected chi connectivity index (χ2v) is 4.37. The smallest absolute Gasteiger partial charge is 0.381 e. The molecule has 0 aliphatic carbocycles. The van der Waals surface area contributed by atoms with E-state index in [0.717, 1.165) is 0 Å². The van der Waals surface area contributed by atoms with Gasteiger partial charge in [0.05, 0.1) is 4.92 Å². The van der Waals surface area contributed by atoms with Crippen LogP contribution in [0.4, 0.5) is 24.5 Å². The highest BCUT2D eigenvalue weighted by Crippen LogP contribution is 2.33. The Morgan fingerprint density at radius 1 is 1.40 bits per heavy atom. The maximum absolute atomic E-state index is 12.6. The standard InChI is InChI=1S/C11H12F3N3O3/c12-11(13,14)10-5-8(9(6-15-10)17(18)19)16-7-1-3-20-4-2-7/h5-7H,1-4H2,(H,15,16). The lowest BCUT2D eigenvalue weighted by Gasteiger charge is -2.24. The Balaban J connectivity index is 2.29. The summed E-state index contributed by atoms with van der Waals surface area (Å²) in [6, 6.07) is 0.527. The molecule has 9 heteroatoms. The number of anilines is 1. The fraction of sp³-hybridized carbons (Fsp3) is 0.545. The van der Waals surface area contributed by atoms with Crippen molar-refractivity contribution in [3.8, 4) is 0 Å². The van der Waals surface area contributed by atoms with E-state index in [1.807, 2.05) is 0 Å². The summed E-state index contributed by atoms with van der Waals surface area (Å²) in [4.78, 5) is 13.2. The third-order valence-electron chi connectivity index (χ3n) is 2.95. The topological polar surface area (TPSA) is 77.3 Å². The minimum absolute atomic E-state index is 0.147. The molecule has 0 unspecified atom stereocenters. The predicted octanol–water partition coefficient (Wildman–Crippen LogP) is 2.60. The zero-order valence-electron chi connectivity index (χ0n) is 10.3. The summed E-state index contributed by atoms with van der Waals surface area (Å²) in [7, 11) is 0. The Morgan fingerprint density at radius 2 is 2.05 bits per heavy atom. The number of alkyl halides is 3. The number of halogens is 3. The Morgan fingerprint density at radius 3 is 2.60 bits per heavy atom. The molecule has 0 spiro atoms. The Kier molecular flexibility index (Phi) is 4.07. The lowest BCUT2D eigenvalue weighted by Crippen LogP contribution is -2.28. The first-order chi connectivity index (χ1) is 9.38. The molecule has 0 bridgehead atoms. The summed E-state index contributed by atoms with van der Waals surface area (Å²) in [6.07, 6.45) is -2.84. The van der Waals surface area contributed by atoms with Gasteiger partial charge >= 0.3 is 11.9 Å². The van der Waals surface area contributed by atoms with E-state index in [1.165, 1.54) is 0 Å². The summed E-state index contributed by atoms with van der Waals surface area (Å²) >= 11 is 0. The first-order valence-electron chi connectivity index (χ1n) is 5.94. The number of pyridine rings is 1. The van der Waals surface area contributed by atoms with E-state index in [-0.39, 0.29) is 11.7 Å². The van der Waals surface area contributed by atoms with E-state index in [1.54, 1.807) is 0 Å². The number of nitrogens with one attached hydrogen (secondary N) is 1. The van der Waals surface area contributed by atoms with Gasteiger partial charge in [-0.05, 0) is 18.9 Å². The molecule has 0 aromatic carbocycles. The summed E-state index contributed by atoms with van der Waals surface area (Å²) < 4.78 is 42.9. The maximum atomic E-state index is 12.6. The molecule has 1 aliphatic rings. The maximum Gasteiger partial charge on any atom is 0.433 e. The van der Waals surface area contributed by atoms with Crippen molar-refractivity contribution in [3.05, 3.63) is 28.1 Å². The number of rotatable bonds is 3. The van der Waals surface area contributed by atoms with Crippen LogP contribution in [0.25, 0.3) is 0 Å². The number of ether oxygens (including phenoxy) is 1. The minimum Gasteiger partial charge on any atom is -0.381 e. The molecule has 2 heterocycles. The van der Waals surface area contributed by atoms with Crippen LogP contribution in [-0.2, 0) is 10.9 Å². The molecule has 1 saturated heterocycles. The van der Waals surface area contributed by atoms with Gasteiger partial charge in [-0.25, -0.2) is 4.98 Å². The summed E-state index contributed by atoms with van der Waals surface area (Å²) in [6.45, 7) is 0.950. The van der Waals surface area contributed by atoms with Crippen LogP contribution < -0.4 is 5.32 Å². The van der Waals surface area contributed by atoms with Gasteiger partial charge in [0.15, 0.2) is 0 Å². The van der Waals surface area contributed by atoms with E-state index < -0.39 is 22.5 Å². The molecule has 20 heavy (non-hydrogen) atoms. The Hall–Kier alpha value is -1.90. The third-order valence-corrected chi connectivity index (χ3v) is 2.95. The minimum atomic E-state index is -4.64. The Bertz CT molecular complexity index is 501.